The van der Waals surface area contributed by atoms with E-state index in [2.05, 4.69) is 31.3 Å². The summed E-state index contributed by atoms with van der Waals surface area (Å²) < 4.78 is 13.1. The van der Waals surface area contributed by atoms with Gasteiger partial charge in [-0.1, -0.05) is 23.7 Å². The van der Waals surface area contributed by atoms with Crippen molar-refractivity contribution in [1.82, 2.24) is 0 Å². The molecule has 1 atom stereocenters. The number of anilines is 1. The predicted octanol–water partition coefficient (Wildman–Crippen LogP) is 5.27. The van der Waals surface area contributed by atoms with Gasteiger partial charge in [-0.3, -0.25) is 0 Å². The van der Waals surface area contributed by atoms with Crippen molar-refractivity contribution in [2.24, 2.45) is 0 Å². The Morgan fingerprint density at radius 3 is 2.42 bits per heavy atom. The number of nitrogens with one attached hydrogen (secondary N) is 1. The lowest BCUT2D eigenvalue weighted by Gasteiger charge is -2.17. The van der Waals surface area contributed by atoms with Crippen molar-refractivity contribution in [3.05, 3.63) is 63.9 Å². The van der Waals surface area contributed by atoms with Crippen LogP contribution in [-0.4, -0.2) is 0 Å². The van der Waals surface area contributed by atoms with Crippen LogP contribution in [0.15, 0.2) is 36.4 Å². The molecule has 0 saturated heterocycles. The molecule has 0 bridgehead atoms. The summed E-state index contributed by atoms with van der Waals surface area (Å²) in [6.45, 7) is 6.20. The predicted molar refractivity (Wildman–Crippen MR) is 79.4 cm³/mol. The van der Waals surface area contributed by atoms with E-state index in [0.29, 0.717) is 0 Å². The van der Waals surface area contributed by atoms with Crippen LogP contribution in [-0.2, 0) is 0 Å². The van der Waals surface area contributed by atoms with E-state index in [1.165, 1.54) is 17.2 Å². The van der Waals surface area contributed by atoms with Crippen LogP contribution < -0.4 is 5.32 Å². The van der Waals surface area contributed by atoms with E-state index < -0.39 is 0 Å². The Morgan fingerprint density at radius 2 is 1.79 bits per heavy atom. The SMILES string of the molecule is Cc1ccc(NC(C)c2ccc(F)c(Cl)c2)cc1C. The Morgan fingerprint density at radius 1 is 1.05 bits per heavy atom. The Balaban J connectivity index is 2.17. The van der Waals surface area contributed by atoms with Crippen LogP contribution in [0.3, 0.4) is 0 Å². The molecule has 0 aliphatic rings. The van der Waals surface area contributed by atoms with Crippen molar-refractivity contribution < 1.29 is 4.39 Å². The zero-order valence-corrected chi connectivity index (χ0v) is 12.1. The van der Waals surface area contributed by atoms with Crippen LogP contribution in [0.25, 0.3) is 0 Å². The molecule has 1 N–H and O–H groups in total. The summed E-state index contributed by atoms with van der Waals surface area (Å²) in [5.74, 6) is -0.385. The van der Waals surface area contributed by atoms with Gasteiger partial charge in [-0.25, -0.2) is 4.39 Å². The first kappa shape index (κ1) is 13.9. The van der Waals surface area contributed by atoms with Gasteiger partial charge in [0.1, 0.15) is 5.82 Å². The number of halogens is 2. The van der Waals surface area contributed by atoms with Crippen molar-refractivity contribution in [1.29, 1.82) is 0 Å². The summed E-state index contributed by atoms with van der Waals surface area (Å²) in [7, 11) is 0. The highest BCUT2D eigenvalue weighted by atomic mass is 35.5. The summed E-state index contributed by atoms with van der Waals surface area (Å²) in [6, 6.07) is 11.1. The Kier molecular flexibility index (Phi) is 4.11. The maximum Gasteiger partial charge on any atom is 0.141 e. The van der Waals surface area contributed by atoms with Crippen LogP contribution >= 0.6 is 11.6 Å². The molecule has 0 amide bonds. The van der Waals surface area contributed by atoms with Gasteiger partial charge in [0.05, 0.1) is 5.02 Å². The second-order valence-electron chi connectivity index (χ2n) is 4.84. The summed E-state index contributed by atoms with van der Waals surface area (Å²) >= 11 is 5.80. The fraction of sp³-hybridized carbons (Fsp3) is 0.250. The van der Waals surface area contributed by atoms with Crippen molar-refractivity contribution in [2.75, 3.05) is 5.32 Å². The van der Waals surface area contributed by atoms with Gasteiger partial charge < -0.3 is 5.32 Å². The molecule has 2 aromatic carbocycles. The van der Waals surface area contributed by atoms with Gasteiger partial charge in [0.25, 0.3) is 0 Å². The molecule has 100 valence electrons. The molecule has 0 heterocycles. The number of hydrogen-bond donors (Lipinski definition) is 1. The highest BCUT2D eigenvalue weighted by Crippen LogP contribution is 2.24. The number of benzene rings is 2. The van der Waals surface area contributed by atoms with Gasteiger partial charge in [-0.2, -0.15) is 0 Å². The van der Waals surface area contributed by atoms with E-state index in [-0.39, 0.29) is 16.9 Å². The first-order chi connectivity index (χ1) is 8.97. The lowest BCUT2D eigenvalue weighted by Crippen LogP contribution is -2.07. The van der Waals surface area contributed by atoms with Crippen LogP contribution in [0.4, 0.5) is 10.1 Å². The zero-order valence-electron chi connectivity index (χ0n) is 11.3. The van der Waals surface area contributed by atoms with Crippen LogP contribution in [0.1, 0.15) is 29.7 Å². The fourth-order valence-corrected chi connectivity index (χ4v) is 2.14. The van der Waals surface area contributed by atoms with Crippen molar-refractivity contribution in [3.63, 3.8) is 0 Å². The highest BCUT2D eigenvalue weighted by Gasteiger charge is 2.08. The van der Waals surface area contributed by atoms with Gasteiger partial charge in [0.15, 0.2) is 0 Å². The van der Waals surface area contributed by atoms with Crippen molar-refractivity contribution >= 4 is 17.3 Å². The molecular weight excluding hydrogens is 261 g/mol. The van der Waals surface area contributed by atoms with E-state index in [1.54, 1.807) is 12.1 Å². The van der Waals surface area contributed by atoms with Crippen LogP contribution in [0.2, 0.25) is 5.02 Å². The summed E-state index contributed by atoms with van der Waals surface area (Å²) in [5.41, 5.74) is 4.53. The molecule has 0 spiro atoms. The Labute approximate surface area is 118 Å². The molecule has 0 aromatic heterocycles. The highest BCUT2D eigenvalue weighted by molar-refractivity contribution is 6.30. The molecule has 1 unspecified atom stereocenters. The second kappa shape index (κ2) is 5.62. The van der Waals surface area contributed by atoms with Crippen molar-refractivity contribution in [3.8, 4) is 0 Å². The standard InChI is InChI=1S/C16H17ClFN/c1-10-4-6-14(8-11(10)2)19-12(3)13-5-7-16(18)15(17)9-13/h4-9,12,19H,1-3H3. The van der Waals surface area contributed by atoms with E-state index in [9.17, 15) is 4.39 Å². The van der Waals surface area contributed by atoms with Crippen molar-refractivity contribution in [2.45, 2.75) is 26.8 Å². The van der Waals surface area contributed by atoms with Gasteiger partial charge in [0, 0.05) is 11.7 Å². The molecule has 0 fully saturated rings. The normalized spacial score (nSPS) is 12.3. The minimum atomic E-state index is -0.385. The van der Waals surface area contributed by atoms with E-state index in [1.807, 2.05) is 13.0 Å². The quantitative estimate of drug-likeness (QED) is 0.806. The minimum absolute atomic E-state index is 0.0696. The minimum Gasteiger partial charge on any atom is -0.379 e. The molecule has 0 saturated carbocycles. The average Bonchev–Trinajstić information content (AvgIpc) is 2.37. The third kappa shape index (κ3) is 3.27. The smallest absolute Gasteiger partial charge is 0.141 e. The maximum absolute atomic E-state index is 13.1. The molecule has 19 heavy (non-hydrogen) atoms. The first-order valence-electron chi connectivity index (χ1n) is 6.26. The van der Waals surface area contributed by atoms with Gasteiger partial charge in [-0.05, 0) is 61.7 Å². The lowest BCUT2D eigenvalue weighted by molar-refractivity contribution is 0.627. The van der Waals surface area contributed by atoms with Gasteiger partial charge >= 0.3 is 0 Å². The molecule has 3 heteroatoms. The Hall–Kier alpha value is -1.54. The summed E-state index contributed by atoms with van der Waals surface area (Å²) in [6.07, 6.45) is 0. The zero-order chi connectivity index (χ0) is 14.0. The topological polar surface area (TPSA) is 12.0 Å². The van der Waals surface area contributed by atoms with E-state index >= 15 is 0 Å². The molecule has 0 radical (unpaired) electrons. The third-order valence-corrected chi connectivity index (χ3v) is 3.62. The third-order valence-electron chi connectivity index (χ3n) is 3.33. The number of hydrogen-bond acceptors (Lipinski definition) is 1. The van der Waals surface area contributed by atoms with E-state index in [4.69, 9.17) is 11.6 Å². The number of rotatable bonds is 3. The van der Waals surface area contributed by atoms with Crippen LogP contribution in [0.5, 0.6) is 0 Å². The fourth-order valence-electron chi connectivity index (χ4n) is 1.95. The second-order valence-corrected chi connectivity index (χ2v) is 5.25. The maximum atomic E-state index is 13.1. The molecular formula is C16H17ClFN. The average molecular weight is 278 g/mol. The summed E-state index contributed by atoms with van der Waals surface area (Å²) in [4.78, 5) is 0. The molecule has 1 nitrogen and oxygen atoms in total. The molecule has 2 rings (SSSR count). The molecule has 0 aliphatic heterocycles. The largest absolute Gasteiger partial charge is 0.379 e. The lowest BCUT2D eigenvalue weighted by atomic mass is 10.1. The van der Waals surface area contributed by atoms with E-state index in [0.717, 1.165) is 11.3 Å². The van der Waals surface area contributed by atoms with Crippen LogP contribution in [0, 0.1) is 19.7 Å². The molecule has 0 aliphatic carbocycles. The monoisotopic (exact) mass is 277 g/mol. The Bertz CT molecular complexity index is 595. The number of aryl methyl sites for hydroxylation is 2. The summed E-state index contributed by atoms with van der Waals surface area (Å²) in [5, 5.41) is 3.55. The van der Waals surface area contributed by atoms with Gasteiger partial charge in [0.2, 0.25) is 0 Å². The first-order valence-corrected chi connectivity index (χ1v) is 6.64. The van der Waals surface area contributed by atoms with Gasteiger partial charge in [-0.15, -0.1) is 0 Å². The molecule has 2 aromatic rings.